The lowest BCUT2D eigenvalue weighted by Crippen LogP contribution is -2.09. The van der Waals surface area contributed by atoms with Gasteiger partial charge in [-0.05, 0) is 12.1 Å². The maximum absolute atomic E-state index is 12.2. The molecule has 0 bridgehead atoms. The summed E-state index contributed by atoms with van der Waals surface area (Å²) in [5.41, 5.74) is 12.1. The third-order valence-corrected chi connectivity index (χ3v) is 3.32. The lowest BCUT2D eigenvalue weighted by atomic mass is 10.2. The Labute approximate surface area is 123 Å². The number of para-hydroxylation sites is 1. The van der Waals surface area contributed by atoms with Crippen LogP contribution in [0.25, 0.3) is 28.0 Å². The molecule has 0 saturated carbocycles. The van der Waals surface area contributed by atoms with Crippen LogP contribution in [0.5, 0.6) is 0 Å². The molecule has 0 amide bonds. The van der Waals surface area contributed by atoms with Gasteiger partial charge in [0.25, 0.3) is 0 Å². The molecule has 0 aliphatic rings. The number of aromatic nitrogens is 4. The van der Waals surface area contributed by atoms with E-state index in [9.17, 15) is 4.79 Å². The lowest BCUT2D eigenvalue weighted by molar-refractivity contribution is 0.562. The molecule has 0 spiro atoms. The maximum atomic E-state index is 12.2. The predicted octanol–water partition coefficient (Wildman–Crippen LogP) is 1.06. The summed E-state index contributed by atoms with van der Waals surface area (Å²) in [6.07, 6.45) is 0. The van der Waals surface area contributed by atoms with Crippen LogP contribution < -0.4 is 17.1 Å². The Hall–Kier alpha value is -3.42. The number of nitrogens with zero attached hydrogens (tertiary/aromatic N) is 4. The quantitative estimate of drug-likeness (QED) is 0.503. The molecule has 3 heterocycles. The zero-order valence-corrected chi connectivity index (χ0v) is 11.2. The second kappa shape index (κ2) is 4.29. The van der Waals surface area contributed by atoms with Gasteiger partial charge in [-0.3, -0.25) is 0 Å². The van der Waals surface area contributed by atoms with Crippen molar-refractivity contribution in [2.45, 2.75) is 0 Å². The summed E-state index contributed by atoms with van der Waals surface area (Å²) in [7, 11) is 0. The molecule has 0 aliphatic heterocycles. The molecule has 4 rings (SSSR count). The van der Waals surface area contributed by atoms with Gasteiger partial charge in [0.2, 0.25) is 5.95 Å². The number of benzene rings is 1. The van der Waals surface area contributed by atoms with Gasteiger partial charge in [0.1, 0.15) is 17.0 Å². The first-order valence-corrected chi connectivity index (χ1v) is 6.44. The highest BCUT2D eigenvalue weighted by Crippen LogP contribution is 2.22. The number of hydrogen-bond donors (Lipinski definition) is 2. The molecule has 0 saturated heterocycles. The van der Waals surface area contributed by atoms with E-state index in [0.29, 0.717) is 11.2 Å². The first-order valence-electron chi connectivity index (χ1n) is 6.44. The van der Waals surface area contributed by atoms with Crippen LogP contribution in [0.15, 0.2) is 45.6 Å². The zero-order valence-electron chi connectivity index (χ0n) is 11.2. The van der Waals surface area contributed by atoms with Crippen LogP contribution in [-0.4, -0.2) is 19.6 Å². The van der Waals surface area contributed by atoms with E-state index in [-0.39, 0.29) is 23.2 Å². The summed E-state index contributed by atoms with van der Waals surface area (Å²) in [5, 5.41) is 8.76. The summed E-state index contributed by atoms with van der Waals surface area (Å²) in [6.45, 7) is 0. The van der Waals surface area contributed by atoms with Crippen LogP contribution in [-0.2, 0) is 0 Å². The smallest absolute Gasteiger partial charge is 0.347 e. The molecule has 108 valence electrons. The average Bonchev–Trinajstić information content (AvgIpc) is 2.90. The summed E-state index contributed by atoms with van der Waals surface area (Å²) in [6, 6.07) is 10.4. The average molecular weight is 294 g/mol. The van der Waals surface area contributed by atoms with Crippen molar-refractivity contribution in [2.75, 3.05) is 11.5 Å². The van der Waals surface area contributed by atoms with E-state index in [1.165, 1.54) is 10.5 Å². The first kappa shape index (κ1) is 12.3. The van der Waals surface area contributed by atoms with Crippen LogP contribution in [0.1, 0.15) is 0 Å². The molecular formula is C14H10N6O2. The second-order valence-corrected chi connectivity index (χ2v) is 4.74. The minimum atomic E-state index is -0.524. The number of rotatable bonds is 1. The van der Waals surface area contributed by atoms with E-state index < -0.39 is 5.63 Å². The Morgan fingerprint density at radius 2 is 1.91 bits per heavy atom. The van der Waals surface area contributed by atoms with Crippen molar-refractivity contribution in [1.82, 2.24) is 19.6 Å². The van der Waals surface area contributed by atoms with Gasteiger partial charge in [0.05, 0.1) is 0 Å². The Morgan fingerprint density at radius 3 is 2.77 bits per heavy atom. The third-order valence-electron chi connectivity index (χ3n) is 3.32. The standard InChI is InChI=1S/C14H10N6O2/c15-10-6-11-18-19-12(20(11)14(16)17-10)8-5-7-3-1-2-4-9(7)22-13(8)21/h1-6H,15H2,(H2,16,17). The van der Waals surface area contributed by atoms with Gasteiger partial charge < -0.3 is 15.9 Å². The van der Waals surface area contributed by atoms with Crippen LogP contribution in [0, 0.1) is 0 Å². The number of nitrogen functional groups attached to an aromatic ring is 2. The van der Waals surface area contributed by atoms with Gasteiger partial charge in [0, 0.05) is 11.5 Å². The zero-order chi connectivity index (χ0) is 15.3. The normalized spacial score (nSPS) is 11.3. The largest absolute Gasteiger partial charge is 0.422 e. The Bertz CT molecular complexity index is 1080. The highest BCUT2D eigenvalue weighted by atomic mass is 16.4. The Kier molecular flexibility index (Phi) is 2.40. The molecule has 0 fully saturated rings. The van der Waals surface area contributed by atoms with Crippen molar-refractivity contribution in [2.24, 2.45) is 0 Å². The van der Waals surface area contributed by atoms with E-state index in [2.05, 4.69) is 15.2 Å². The minimum absolute atomic E-state index is 0.0996. The van der Waals surface area contributed by atoms with Crippen LogP contribution in [0.2, 0.25) is 0 Å². The van der Waals surface area contributed by atoms with Crippen LogP contribution in [0.4, 0.5) is 11.8 Å². The predicted molar refractivity (Wildman–Crippen MR) is 81.1 cm³/mol. The summed E-state index contributed by atoms with van der Waals surface area (Å²) >= 11 is 0. The topological polar surface area (TPSA) is 125 Å². The Morgan fingerprint density at radius 1 is 1.09 bits per heavy atom. The molecule has 0 atom stereocenters. The van der Waals surface area contributed by atoms with Gasteiger partial charge in [-0.2, -0.15) is 4.98 Å². The molecule has 4 aromatic rings. The summed E-state index contributed by atoms with van der Waals surface area (Å²) in [5.74, 6) is 0.594. The number of hydrogen-bond acceptors (Lipinski definition) is 7. The lowest BCUT2D eigenvalue weighted by Gasteiger charge is -2.04. The molecule has 0 radical (unpaired) electrons. The monoisotopic (exact) mass is 294 g/mol. The van der Waals surface area contributed by atoms with E-state index >= 15 is 0 Å². The molecule has 0 aliphatic carbocycles. The molecule has 8 nitrogen and oxygen atoms in total. The van der Waals surface area contributed by atoms with E-state index in [1.54, 1.807) is 18.2 Å². The van der Waals surface area contributed by atoms with E-state index in [4.69, 9.17) is 15.9 Å². The van der Waals surface area contributed by atoms with E-state index in [0.717, 1.165) is 5.39 Å². The number of anilines is 2. The number of nitrogens with two attached hydrogens (primary N) is 2. The van der Waals surface area contributed by atoms with Gasteiger partial charge in [-0.1, -0.05) is 18.2 Å². The number of fused-ring (bicyclic) bond motifs is 2. The van der Waals surface area contributed by atoms with Crippen molar-refractivity contribution in [3.8, 4) is 11.4 Å². The third kappa shape index (κ3) is 1.71. The van der Waals surface area contributed by atoms with Crippen LogP contribution >= 0.6 is 0 Å². The molecule has 0 unspecified atom stereocenters. The van der Waals surface area contributed by atoms with Crippen molar-refractivity contribution in [1.29, 1.82) is 0 Å². The first-order chi connectivity index (χ1) is 10.6. The van der Waals surface area contributed by atoms with Gasteiger partial charge in [-0.25, -0.2) is 9.20 Å². The maximum Gasteiger partial charge on any atom is 0.347 e. The summed E-state index contributed by atoms with van der Waals surface area (Å²) in [4.78, 5) is 16.2. The Balaban J connectivity index is 2.07. The fraction of sp³-hybridized carbons (Fsp3) is 0. The highest BCUT2D eigenvalue weighted by Gasteiger charge is 2.16. The molecule has 8 heteroatoms. The van der Waals surface area contributed by atoms with Gasteiger partial charge in [0.15, 0.2) is 11.5 Å². The molecule has 1 aromatic carbocycles. The second-order valence-electron chi connectivity index (χ2n) is 4.74. The van der Waals surface area contributed by atoms with Crippen molar-refractivity contribution in [3.63, 3.8) is 0 Å². The summed E-state index contributed by atoms with van der Waals surface area (Å²) < 4.78 is 6.76. The molecule has 22 heavy (non-hydrogen) atoms. The fourth-order valence-electron chi connectivity index (χ4n) is 2.35. The highest BCUT2D eigenvalue weighted by molar-refractivity contribution is 5.80. The van der Waals surface area contributed by atoms with Crippen molar-refractivity contribution < 1.29 is 4.42 Å². The minimum Gasteiger partial charge on any atom is -0.422 e. The van der Waals surface area contributed by atoms with Crippen LogP contribution in [0.3, 0.4) is 0 Å². The fourth-order valence-corrected chi connectivity index (χ4v) is 2.35. The molecular weight excluding hydrogens is 284 g/mol. The SMILES string of the molecule is Nc1cc2nnc(-c3cc4ccccc4oc3=O)n2c(N)n1. The van der Waals surface area contributed by atoms with Gasteiger partial charge >= 0.3 is 5.63 Å². The van der Waals surface area contributed by atoms with Crippen molar-refractivity contribution in [3.05, 3.63) is 46.8 Å². The van der Waals surface area contributed by atoms with Gasteiger partial charge in [-0.15, -0.1) is 10.2 Å². The van der Waals surface area contributed by atoms with Crippen molar-refractivity contribution >= 4 is 28.4 Å². The molecule has 4 N–H and O–H groups in total. The van der Waals surface area contributed by atoms with E-state index in [1.807, 2.05) is 12.1 Å². The molecule has 3 aromatic heterocycles.